The number of carbonyl (C=O) groups is 1. The molecule has 0 aromatic heterocycles. The summed E-state index contributed by atoms with van der Waals surface area (Å²) in [7, 11) is 0. The molecule has 0 spiro atoms. The molecule has 0 heterocycles. The van der Waals surface area contributed by atoms with Crippen molar-refractivity contribution in [3.63, 3.8) is 0 Å². The summed E-state index contributed by atoms with van der Waals surface area (Å²) in [5, 5.41) is 0.725. The van der Waals surface area contributed by atoms with E-state index in [2.05, 4.69) is 6.58 Å². The van der Waals surface area contributed by atoms with E-state index in [0.29, 0.717) is 11.1 Å². The van der Waals surface area contributed by atoms with Crippen molar-refractivity contribution < 1.29 is 4.79 Å². The lowest BCUT2D eigenvalue weighted by Gasteiger charge is -2.06. The first-order valence-electron chi connectivity index (χ1n) is 4.40. The van der Waals surface area contributed by atoms with Crippen molar-refractivity contribution in [3.05, 3.63) is 46.0 Å². The molecule has 2 heteroatoms. The Balaban J connectivity index is 3.26. The molecule has 1 aromatic rings. The maximum Gasteiger partial charge on any atom is 0.188 e. The molecule has 1 nitrogen and oxygen atoms in total. The first-order valence-corrected chi connectivity index (χ1v) is 4.78. The quantitative estimate of drug-likeness (QED) is 0.535. The molecule has 0 fully saturated rings. The van der Waals surface area contributed by atoms with E-state index in [9.17, 15) is 4.79 Å². The van der Waals surface area contributed by atoms with Gasteiger partial charge in [-0.25, -0.2) is 0 Å². The molecule has 0 radical (unpaired) electrons. The fourth-order valence-electron chi connectivity index (χ4n) is 1.32. The summed E-state index contributed by atoms with van der Waals surface area (Å²) in [5.74, 6) is -0.0205. The highest BCUT2D eigenvalue weighted by molar-refractivity contribution is 6.32. The third-order valence-electron chi connectivity index (χ3n) is 2.09. The van der Waals surface area contributed by atoms with Crippen LogP contribution < -0.4 is 0 Å². The molecule has 0 N–H and O–H groups in total. The van der Waals surface area contributed by atoms with Crippen LogP contribution in [0.1, 0.15) is 28.4 Å². The Labute approximate surface area is 89.4 Å². The van der Waals surface area contributed by atoms with Gasteiger partial charge >= 0.3 is 0 Å². The van der Waals surface area contributed by atoms with Gasteiger partial charge in [0.25, 0.3) is 0 Å². The van der Waals surface area contributed by atoms with Gasteiger partial charge in [-0.3, -0.25) is 4.79 Å². The highest BCUT2D eigenvalue weighted by Crippen LogP contribution is 2.22. The van der Waals surface area contributed by atoms with Gasteiger partial charge in [-0.1, -0.05) is 18.2 Å². The summed E-state index contributed by atoms with van der Waals surface area (Å²) >= 11 is 6.00. The predicted molar refractivity (Wildman–Crippen MR) is 60.1 cm³/mol. The Hall–Kier alpha value is -1.08. The second-order valence-electron chi connectivity index (χ2n) is 3.53. The third-order valence-corrected chi connectivity index (χ3v) is 2.68. The van der Waals surface area contributed by atoms with Crippen molar-refractivity contribution in [1.82, 2.24) is 0 Å². The van der Waals surface area contributed by atoms with Crippen molar-refractivity contribution >= 4 is 17.4 Å². The lowest BCUT2D eigenvalue weighted by atomic mass is 10.0. The number of hydrogen-bond donors (Lipinski definition) is 0. The Bertz CT molecular complexity index is 382. The average Bonchev–Trinajstić information content (AvgIpc) is 2.12. The van der Waals surface area contributed by atoms with Gasteiger partial charge in [0.05, 0.1) is 0 Å². The highest BCUT2D eigenvalue weighted by Gasteiger charge is 2.09. The highest BCUT2D eigenvalue weighted by atomic mass is 35.5. The van der Waals surface area contributed by atoms with Crippen LogP contribution in [0.4, 0.5) is 0 Å². The molecule has 0 atom stereocenters. The smallest absolute Gasteiger partial charge is 0.188 e. The molecule has 0 bridgehead atoms. The lowest BCUT2D eigenvalue weighted by molar-refractivity contribution is 0.103. The van der Waals surface area contributed by atoms with Crippen LogP contribution in [0.25, 0.3) is 0 Å². The van der Waals surface area contributed by atoms with Crippen LogP contribution >= 0.6 is 11.6 Å². The van der Waals surface area contributed by atoms with Crippen molar-refractivity contribution in [2.75, 3.05) is 0 Å². The summed E-state index contributed by atoms with van der Waals surface area (Å²) in [4.78, 5) is 11.6. The molecule has 0 aliphatic carbocycles. The second kappa shape index (κ2) is 3.97. The van der Waals surface area contributed by atoms with E-state index in [0.717, 1.165) is 16.1 Å². The Morgan fingerprint density at radius 1 is 1.29 bits per heavy atom. The molecule has 0 saturated carbocycles. The molecule has 0 aliphatic rings. The van der Waals surface area contributed by atoms with Crippen LogP contribution in [-0.4, -0.2) is 5.78 Å². The van der Waals surface area contributed by atoms with Gasteiger partial charge in [0.15, 0.2) is 5.78 Å². The lowest BCUT2D eigenvalue weighted by Crippen LogP contribution is -2.01. The number of carbonyl (C=O) groups excluding carboxylic acids is 1. The third kappa shape index (κ3) is 2.05. The maximum atomic E-state index is 11.6. The van der Waals surface area contributed by atoms with Crippen LogP contribution in [-0.2, 0) is 0 Å². The molecule has 74 valence electrons. The van der Waals surface area contributed by atoms with E-state index < -0.39 is 0 Å². The van der Waals surface area contributed by atoms with Gasteiger partial charge in [0, 0.05) is 10.6 Å². The minimum atomic E-state index is -0.0205. The number of halogens is 1. The summed E-state index contributed by atoms with van der Waals surface area (Å²) in [6.07, 6.45) is 0. The number of rotatable bonds is 2. The fourth-order valence-corrected chi connectivity index (χ4v) is 1.43. The van der Waals surface area contributed by atoms with E-state index in [1.807, 2.05) is 13.8 Å². The van der Waals surface area contributed by atoms with Gasteiger partial charge in [-0.15, -0.1) is 0 Å². The first-order chi connectivity index (χ1) is 6.43. The van der Waals surface area contributed by atoms with Crippen molar-refractivity contribution in [2.24, 2.45) is 0 Å². The fraction of sp³-hybridized carbons (Fsp3) is 0.250. The first kappa shape index (κ1) is 11.0. The largest absolute Gasteiger partial charge is 0.289 e. The van der Waals surface area contributed by atoms with Gasteiger partial charge in [0.2, 0.25) is 0 Å². The normalized spacial score (nSPS) is 10.0. The number of hydrogen-bond acceptors (Lipinski definition) is 1. The summed E-state index contributed by atoms with van der Waals surface area (Å²) < 4.78 is 0. The second-order valence-corrected chi connectivity index (χ2v) is 3.91. The average molecular weight is 209 g/mol. The van der Waals surface area contributed by atoms with E-state index in [1.165, 1.54) is 0 Å². The monoisotopic (exact) mass is 208 g/mol. The molecule has 1 rings (SSSR count). The van der Waals surface area contributed by atoms with E-state index in [-0.39, 0.29) is 5.78 Å². The Morgan fingerprint density at radius 2 is 1.71 bits per heavy atom. The SMILES string of the molecule is C=C(C)C(=O)c1cc(C)c(Cl)c(C)c1. The topological polar surface area (TPSA) is 17.1 Å². The molecule has 0 unspecified atom stereocenters. The van der Waals surface area contributed by atoms with Crippen molar-refractivity contribution in [3.8, 4) is 0 Å². The number of ketones is 1. The number of allylic oxidation sites excluding steroid dienone is 1. The minimum absolute atomic E-state index is 0.0205. The molecule has 0 saturated heterocycles. The standard InChI is InChI=1S/C12H13ClO/c1-7(2)12(14)10-5-8(3)11(13)9(4)6-10/h5-6H,1H2,2-4H3. The molecule has 14 heavy (non-hydrogen) atoms. The van der Waals surface area contributed by atoms with Crippen molar-refractivity contribution in [2.45, 2.75) is 20.8 Å². The van der Waals surface area contributed by atoms with Gasteiger partial charge in [0.1, 0.15) is 0 Å². The summed E-state index contributed by atoms with van der Waals surface area (Å²) in [6, 6.07) is 3.60. The van der Waals surface area contributed by atoms with Crippen LogP contribution in [0.15, 0.2) is 24.3 Å². The summed E-state index contributed by atoms with van der Waals surface area (Å²) in [6.45, 7) is 9.13. The zero-order valence-corrected chi connectivity index (χ0v) is 9.40. The Morgan fingerprint density at radius 3 is 2.07 bits per heavy atom. The molecule has 1 aromatic carbocycles. The molecular formula is C12H13ClO. The Kier molecular flexibility index (Phi) is 3.12. The molecule has 0 amide bonds. The van der Waals surface area contributed by atoms with Crippen LogP contribution in [0.3, 0.4) is 0 Å². The number of aryl methyl sites for hydroxylation is 2. The van der Waals surface area contributed by atoms with Crippen LogP contribution in [0.5, 0.6) is 0 Å². The predicted octanol–water partition coefficient (Wildman–Crippen LogP) is 3.72. The summed E-state index contributed by atoms with van der Waals surface area (Å²) in [5.41, 5.74) is 3.07. The molecule has 0 aliphatic heterocycles. The maximum absolute atomic E-state index is 11.6. The number of benzene rings is 1. The van der Waals surface area contributed by atoms with Crippen LogP contribution in [0, 0.1) is 13.8 Å². The minimum Gasteiger partial charge on any atom is -0.289 e. The van der Waals surface area contributed by atoms with Crippen LogP contribution in [0.2, 0.25) is 5.02 Å². The van der Waals surface area contributed by atoms with Crippen molar-refractivity contribution in [1.29, 1.82) is 0 Å². The van der Waals surface area contributed by atoms with E-state index in [4.69, 9.17) is 11.6 Å². The van der Waals surface area contributed by atoms with Gasteiger partial charge < -0.3 is 0 Å². The van der Waals surface area contributed by atoms with E-state index >= 15 is 0 Å². The number of Topliss-reactive ketones (excluding diaryl/α,β-unsaturated/α-hetero) is 1. The zero-order chi connectivity index (χ0) is 10.9. The van der Waals surface area contributed by atoms with Gasteiger partial charge in [-0.05, 0) is 49.6 Å². The van der Waals surface area contributed by atoms with Gasteiger partial charge in [-0.2, -0.15) is 0 Å². The van der Waals surface area contributed by atoms with E-state index in [1.54, 1.807) is 19.1 Å². The zero-order valence-electron chi connectivity index (χ0n) is 8.65. The molecular weight excluding hydrogens is 196 g/mol.